The number of halogens is 1. The highest BCUT2D eigenvalue weighted by Gasteiger charge is 2.35. The molecule has 1 aromatic carbocycles. The van der Waals surface area contributed by atoms with E-state index in [1.54, 1.807) is 11.0 Å². The largest absolute Gasteiger partial charge is 0.459 e. The van der Waals surface area contributed by atoms with E-state index >= 15 is 0 Å². The van der Waals surface area contributed by atoms with Gasteiger partial charge in [-0.05, 0) is 43.4 Å². The zero-order valence-electron chi connectivity index (χ0n) is 15.5. The number of nitrogens with zero attached hydrogens (tertiary/aromatic N) is 1. The van der Waals surface area contributed by atoms with Gasteiger partial charge in [0.2, 0.25) is 5.91 Å². The maximum atomic E-state index is 12.8. The van der Waals surface area contributed by atoms with Gasteiger partial charge >= 0.3 is 0 Å². The molecule has 3 aliphatic rings. The molecule has 2 fully saturated rings. The van der Waals surface area contributed by atoms with Crippen LogP contribution in [0.5, 0.6) is 0 Å². The highest BCUT2D eigenvalue weighted by atomic mass is 35.5. The summed E-state index contributed by atoms with van der Waals surface area (Å²) in [5.74, 6) is 0.193. The second kappa shape index (κ2) is 7.60. The van der Waals surface area contributed by atoms with Crippen LogP contribution in [0.4, 0.5) is 5.69 Å². The van der Waals surface area contributed by atoms with Crippen molar-refractivity contribution in [2.45, 2.75) is 56.8 Å². The first-order valence-electron chi connectivity index (χ1n) is 9.69. The predicted octanol–water partition coefficient (Wildman–Crippen LogP) is 2.80. The molecule has 2 atom stereocenters. The third kappa shape index (κ3) is 3.42. The normalized spacial score (nSPS) is 25.4. The lowest BCUT2D eigenvalue weighted by Crippen LogP contribution is -2.48. The number of nitrogens with one attached hydrogen (secondary N) is 2. The molecule has 28 heavy (non-hydrogen) atoms. The van der Waals surface area contributed by atoms with Crippen molar-refractivity contribution in [1.29, 1.82) is 0 Å². The number of piperidine rings is 1. The number of rotatable bonds is 4. The van der Waals surface area contributed by atoms with Crippen LogP contribution in [-0.2, 0) is 17.8 Å². The van der Waals surface area contributed by atoms with E-state index in [1.807, 2.05) is 24.3 Å². The molecule has 0 spiro atoms. The number of carbonyl (C=O) groups excluding carboxylic acids is 2. The molecule has 2 aromatic rings. The number of hydrogen-bond donors (Lipinski definition) is 2. The zero-order valence-corrected chi connectivity index (χ0v) is 16.3. The monoisotopic (exact) mass is 401 g/mol. The van der Waals surface area contributed by atoms with Crippen LogP contribution in [0.1, 0.15) is 47.4 Å². The first-order valence-corrected chi connectivity index (χ1v) is 9.69. The van der Waals surface area contributed by atoms with E-state index in [4.69, 9.17) is 4.42 Å². The lowest BCUT2D eigenvalue weighted by Gasteiger charge is -2.29. The summed E-state index contributed by atoms with van der Waals surface area (Å²) in [5, 5.41) is 6.72. The van der Waals surface area contributed by atoms with Crippen LogP contribution in [0.3, 0.4) is 0 Å². The van der Waals surface area contributed by atoms with E-state index in [-0.39, 0.29) is 30.3 Å². The highest BCUT2D eigenvalue weighted by molar-refractivity contribution is 6.01. The molecule has 0 aliphatic carbocycles. The standard InChI is InChI=1S/C21H23N3O3.ClH/c25-19-9-13-3-1-2-4-18(13)24(19)12-14-7-8-27-20(14)21(26)23-17-10-15-5-6-16(11-17)22-15;/h1-4,7-8,15-17,22H,5-6,9-12H2,(H,23,26);1H. The quantitative estimate of drug-likeness (QED) is 0.826. The van der Waals surface area contributed by atoms with E-state index in [1.165, 1.54) is 19.1 Å². The molecule has 2 N–H and O–H groups in total. The molecule has 5 rings (SSSR count). The first-order chi connectivity index (χ1) is 13.2. The van der Waals surface area contributed by atoms with Crippen molar-refractivity contribution >= 4 is 29.9 Å². The summed E-state index contributed by atoms with van der Waals surface area (Å²) in [6.45, 7) is 0.354. The van der Waals surface area contributed by atoms with Crippen molar-refractivity contribution in [3.63, 3.8) is 0 Å². The summed E-state index contributed by atoms with van der Waals surface area (Å²) in [6.07, 6.45) is 6.27. The van der Waals surface area contributed by atoms with E-state index in [0.29, 0.717) is 30.8 Å². The van der Waals surface area contributed by atoms with Crippen LogP contribution in [0.25, 0.3) is 0 Å². The number of furan rings is 1. The topological polar surface area (TPSA) is 74.6 Å². The van der Waals surface area contributed by atoms with E-state index in [2.05, 4.69) is 10.6 Å². The molecule has 1 aromatic heterocycles. The van der Waals surface area contributed by atoms with Gasteiger partial charge in [0.1, 0.15) is 0 Å². The molecule has 7 heteroatoms. The van der Waals surface area contributed by atoms with Crippen molar-refractivity contribution < 1.29 is 14.0 Å². The molecule has 4 heterocycles. The Morgan fingerprint density at radius 1 is 1.18 bits per heavy atom. The molecule has 148 valence electrons. The maximum absolute atomic E-state index is 12.8. The summed E-state index contributed by atoms with van der Waals surface area (Å²) >= 11 is 0. The highest BCUT2D eigenvalue weighted by Crippen LogP contribution is 2.31. The summed E-state index contributed by atoms with van der Waals surface area (Å²) in [7, 11) is 0. The number of para-hydroxylation sites is 1. The van der Waals surface area contributed by atoms with Crippen LogP contribution in [0.15, 0.2) is 41.0 Å². The minimum absolute atomic E-state index is 0. The van der Waals surface area contributed by atoms with Crippen molar-refractivity contribution in [1.82, 2.24) is 10.6 Å². The van der Waals surface area contributed by atoms with Crippen LogP contribution in [0.2, 0.25) is 0 Å². The number of carbonyl (C=O) groups is 2. The van der Waals surface area contributed by atoms with Crippen LogP contribution < -0.4 is 15.5 Å². The molecule has 6 nitrogen and oxygen atoms in total. The minimum atomic E-state index is -0.179. The van der Waals surface area contributed by atoms with Gasteiger partial charge in [0.15, 0.2) is 5.76 Å². The van der Waals surface area contributed by atoms with Gasteiger partial charge < -0.3 is 20.0 Å². The van der Waals surface area contributed by atoms with Crippen molar-refractivity contribution in [2.75, 3.05) is 4.90 Å². The van der Waals surface area contributed by atoms with Gasteiger partial charge in [-0.15, -0.1) is 12.4 Å². The SMILES string of the molecule is Cl.O=C(NC1CC2CCC(C1)N2)c1occc1CN1C(=O)Cc2ccccc21. The average molecular weight is 402 g/mol. The Morgan fingerprint density at radius 2 is 1.93 bits per heavy atom. The molecule has 3 aliphatic heterocycles. The third-order valence-electron chi connectivity index (χ3n) is 6.01. The Kier molecular flexibility index (Phi) is 5.17. The lowest BCUT2D eigenvalue weighted by molar-refractivity contribution is -0.117. The lowest BCUT2D eigenvalue weighted by atomic mass is 9.99. The number of hydrogen-bond acceptors (Lipinski definition) is 4. The molecule has 2 amide bonds. The van der Waals surface area contributed by atoms with Gasteiger partial charge in [0, 0.05) is 29.4 Å². The Labute approximate surface area is 170 Å². The van der Waals surface area contributed by atoms with Gasteiger partial charge in [-0.2, -0.15) is 0 Å². The fourth-order valence-corrected chi connectivity index (χ4v) is 4.75. The molecule has 0 radical (unpaired) electrons. The Morgan fingerprint density at radius 3 is 2.71 bits per heavy atom. The fourth-order valence-electron chi connectivity index (χ4n) is 4.75. The first kappa shape index (κ1) is 19.0. The minimum Gasteiger partial charge on any atom is -0.459 e. The molecular formula is C21H24ClN3O3. The second-order valence-corrected chi connectivity index (χ2v) is 7.84. The molecule has 2 unspecified atom stereocenters. The van der Waals surface area contributed by atoms with Gasteiger partial charge in [0.05, 0.1) is 19.2 Å². The Bertz CT molecular complexity index is 885. The van der Waals surface area contributed by atoms with E-state index in [9.17, 15) is 9.59 Å². The van der Waals surface area contributed by atoms with Crippen molar-refractivity contribution in [2.24, 2.45) is 0 Å². The van der Waals surface area contributed by atoms with E-state index < -0.39 is 0 Å². The van der Waals surface area contributed by atoms with Gasteiger partial charge in [-0.25, -0.2) is 0 Å². The molecule has 2 bridgehead atoms. The van der Waals surface area contributed by atoms with Gasteiger partial charge in [-0.1, -0.05) is 18.2 Å². The number of benzene rings is 1. The van der Waals surface area contributed by atoms with Crippen LogP contribution >= 0.6 is 12.4 Å². The van der Waals surface area contributed by atoms with Crippen molar-refractivity contribution in [3.05, 3.63) is 53.5 Å². The number of fused-ring (bicyclic) bond motifs is 3. The maximum Gasteiger partial charge on any atom is 0.287 e. The summed E-state index contributed by atoms with van der Waals surface area (Å²) in [5.41, 5.74) is 2.70. The Balaban J connectivity index is 0.00000192. The molecule has 0 saturated carbocycles. The molecule has 2 saturated heterocycles. The average Bonchev–Trinajstić information content (AvgIpc) is 3.34. The predicted molar refractivity (Wildman–Crippen MR) is 108 cm³/mol. The smallest absolute Gasteiger partial charge is 0.287 e. The van der Waals surface area contributed by atoms with Crippen molar-refractivity contribution in [3.8, 4) is 0 Å². The summed E-state index contributed by atoms with van der Waals surface area (Å²) in [4.78, 5) is 27.0. The second-order valence-electron chi connectivity index (χ2n) is 7.84. The van der Waals surface area contributed by atoms with E-state index in [0.717, 1.165) is 29.7 Å². The summed E-state index contributed by atoms with van der Waals surface area (Å²) < 4.78 is 5.51. The van der Waals surface area contributed by atoms with Crippen LogP contribution in [-0.4, -0.2) is 29.9 Å². The van der Waals surface area contributed by atoms with Gasteiger partial charge in [-0.3, -0.25) is 9.59 Å². The number of amides is 2. The Hall–Kier alpha value is -2.31. The summed E-state index contributed by atoms with van der Waals surface area (Å²) in [6, 6.07) is 10.8. The third-order valence-corrected chi connectivity index (χ3v) is 6.01. The zero-order chi connectivity index (χ0) is 18.4. The van der Waals surface area contributed by atoms with Crippen LogP contribution in [0, 0.1) is 0 Å². The molecular weight excluding hydrogens is 378 g/mol. The van der Waals surface area contributed by atoms with Gasteiger partial charge in [0.25, 0.3) is 5.91 Å². The number of anilines is 1. The fraction of sp³-hybridized carbons (Fsp3) is 0.429.